The number of benzene rings is 1. The summed E-state index contributed by atoms with van der Waals surface area (Å²) in [5, 5.41) is 4.01. The molecule has 2 aromatic heterocycles. The molecule has 0 atom stereocenters. The van der Waals surface area contributed by atoms with Crippen molar-refractivity contribution in [3.05, 3.63) is 65.4 Å². The van der Waals surface area contributed by atoms with E-state index in [0.717, 1.165) is 55.1 Å². The number of halogens is 1. The van der Waals surface area contributed by atoms with Crippen molar-refractivity contribution in [3.8, 4) is 0 Å². The maximum Gasteiger partial charge on any atom is 0.227 e. The standard InChI is InChI=1S/C20H21ClN6/c1-15-13-18(24-17-6-4-5-16(21)14-17)25-20(23-15)27-11-9-26(10-12-27)19-7-2-3-8-22-19/h2-8,13-14H,9-12H2,1H3,(H,23,24,25). The molecule has 1 fully saturated rings. The van der Waals surface area contributed by atoms with Gasteiger partial charge in [0.05, 0.1) is 0 Å². The van der Waals surface area contributed by atoms with Crippen molar-refractivity contribution < 1.29 is 0 Å². The van der Waals surface area contributed by atoms with Gasteiger partial charge in [-0.3, -0.25) is 0 Å². The Labute approximate surface area is 163 Å². The van der Waals surface area contributed by atoms with Crippen molar-refractivity contribution in [2.45, 2.75) is 6.92 Å². The molecule has 0 bridgehead atoms. The Hall–Kier alpha value is -2.86. The SMILES string of the molecule is Cc1cc(Nc2cccc(Cl)c2)nc(N2CCN(c3ccccn3)CC2)n1. The van der Waals surface area contributed by atoms with E-state index in [1.165, 1.54) is 0 Å². The summed E-state index contributed by atoms with van der Waals surface area (Å²) in [4.78, 5) is 18.3. The van der Waals surface area contributed by atoms with Crippen LogP contribution < -0.4 is 15.1 Å². The van der Waals surface area contributed by atoms with Crippen LogP contribution in [0.3, 0.4) is 0 Å². The van der Waals surface area contributed by atoms with Gasteiger partial charge in [0.25, 0.3) is 0 Å². The zero-order valence-corrected chi connectivity index (χ0v) is 15.9. The fourth-order valence-corrected chi connectivity index (χ4v) is 3.34. The fraction of sp³-hybridized carbons (Fsp3) is 0.250. The first kappa shape index (κ1) is 17.5. The van der Waals surface area contributed by atoms with Gasteiger partial charge in [-0.25, -0.2) is 9.97 Å². The second-order valence-corrected chi connectivity index (χ2v) is 6.93. The molecule has 1 aliphatic heterocycles. The summed E-state index contributed by atoms with van der Waals surface area (Å²) in [6.07, 6.45) is 1.83. The Kier molecular flexibility index (Phi) is 5.07. The minimum absolute atomic E-state index is 0.691. The highest BCUT2D eigenvalue weighted by molar-refractivity contribution is 6.30. The number of hydrogen-bond donors (Lipinski definition) is 1. The molecule has 0 saturated carbocycles. The summed E-state index contributed by atoms with van der Waals surface area (Å²) < 4.78 is 0. The van der Waals surface area contributed by atoms with E-state index in [1.807, 2.05) is 61.7 Å². The zero-order valence-electron chi connectivity index (χ0n) is 15.1. The molecule has 6 nitrogen and oxygen atoms in total. The van der Waals surface area contributed by atoms with Gasteiger partial charge in [-0.2, -0.15) is 4.98 Å². The summed E-state index contributed by atoms with van der Waals surface area (Å²) in [6.45, 7) is 5.49. The van der Waals surface area contributed by atoms with Crippen molar-refractivity contribution in [1.82, 2.24) is 15.0 Å². The van der Waals surface area contributed by atoms with Crippen LogP contribution >= 0.6 is 11.6 Å². The molecule has 0 spiro atoms. The normalized spacial score (nSPS) is 14.3. The van der Waals surface area contributed by atoms with Crippen LogP contribution in [0.1, 0.15) is 5.69 Å². The number of piperazine rings is 1. The third-order valence-corrected chi connectivity index (χ3v) is 4.71. The third kappa shape index (κ3) is 4.28. The van der Waals surface area contributed by atoms with E-state index >= 15 is 0 Å². The first-order chi connectivity index (χ1) is 13.2. The van der Waals surface area contributed by atoms with E-state index in [2.05, 4.69) is 25.1 Å². The van der Waals surface area contributed by atoms with Gasteiger partial charge >= 0.3 is 0 Å². The first-order valence-corrected chi connectivity index (χ1v) is 9.34. The number of rotatable bonds is 4. The van der Waals surface area contributed by atoms with Crippen LogP contribution in [-0.2, 0) is 0 Å². The van der Waals surface area contributed by atoms with Crippen LogP contribution in [0.5, 0.6) is 0 Å². The molecule has 1 aliphatic rings. The molecule has 1 aromatic carbocycles. The van der Waals surface area contributed by atoms with Crippen LogP contribution in [0.2, 0.25) is 5.02 Å². The predicted molar refractivity (Wildman–Crippen MR) is 110 cm³/mol. The number of nitrogens with zero attached hydrogens (tertiary/aromatic N) is 5. The molecular formula is C20H21ClN6. The second kappa shape index (κ2) is 7.80. The molecule has 1 saturated heterocycles. The second-order valence-electron chi connectivity index (χ2n) is 6.49. The summed E-state index contributed by atoms with van der Waals surface area (Å²) in [5.41, 5.74) is 1.84. The van der Waals surface area contributed by atoms with Gasteiger partial charge in [-0.05, 0) is 37.3 Å². The Morgan fingerprint density at radius 1 is 0.926 bits per heavy atom. The molecule has 0 amide bonds. The number of aryl methyl sites for hydroxylation is 1. The largest absolute Gasteiger partial charge is 0.353 e. The summed E-state index contributed by atoms with van der Waals surface area (Å²) in [7, 11) is 0. The van der Waals surface area contributed by atoms with Crippen LogP contribution in [0.4, 0.5) is 23.3 Å². The lowest BCUT2D eigenvalue weighted by Crippen LogP contribution is -2.47. The van der Waals surface area contributed by atoms with Gasteiger partial charge < -0.3 is 15.1 Å². The average Bonchev–Trinajstić information content (AvgIpc) is 2.68. The molecule has 3 heterocycles. The topological polar surface area (TPSA) is 57.2 Å². The Morgan fingerprint density at radius 2 is 1.74 bits per heavy atom. The lowest BCUT2D eigenvalue weighted by molar-refractivity contribution is 0.634. The van der Waals surface area contributed by atoms with Crippen LogP contribution in [-0.4, -0.2) is 41.1 Å². The molecule has 3 aromatic rings. The highest BCUT2D eigenvalue weighted by atomic mass is 35.5. The van der Waals surface area contributed by atoms with E-state index in [4.69, 9.17) is 16.6 Å². The van der Waals surface area contributed by atoms with E-state index < -0.39 is 0 Å². The van der Waals surface area contributed by atoms with Gasteiger partial charge in [0, 0.05) is 54.8 Å². The Morgan fingerprint density at radius 3 is 2.48 bits per heavy atom. The molecule has 138 valence electrons. The number of pyridine rings is 1. The lowest BCUT2D eigenvalue weighted by atomic mass is 10.3. The number of anilines is 4. The Balaban J connectivity index is 1.47. The first-order valence-electron chi connectivity index (χ1n) is 8.96. The molecule has 0 aliphatic carbocycles. The molecule has 0 radical (unpaired) electrons. The Bertz CT molecular complexity index is 909. The van der Waals surface area contributed by atoms with E-state index in [0.29, 0.717) is 5.02 Å². The maximum atomic E-state index is 6.07. The quantitative estimate of drug-likeness (QED) is 0.740. The number of aromatic nitrogens is 3. The molecule has 1 N–H and O–H groups in total. The molecule has 0 unspecified atom stereocenters. The van der Waals surface area contributed by atoms with E-state index in [1.54, 1.807) is 0 Å². The van der Waals surface area contributed by atoms with Crippen LogP contribution in [0.15, 0.2) is 54.7 Å². The summed E-state index contributed by atoms with van der Waals surface area (Å²) >= 11 is 6.07. The summed E-state index contributed by atoms with van der Waals surface area (Å²) in [5.74, 6) is 2.54. The fourth-order valence-electron chi connectivity index (χ4n) is 3.15. The molecule has 7 heteroatoms. The van der Waals surface area contributed by atoms with Crippen molar-refractivity contribution in [3.63, 3.8) is 0 Å². The smallest absolute Gasteiger partial charge is 0.227 e. The van der Waals surface area contributed by atoms with Crippen molar-refractivity contribution >= 4 is 34.9 Å². The van der Waals surface area contributed by atoms with Gasteiger partial charge in [-0.1, -0.05) is 23.7 Å². The molecule has 4 rings (SSSR count). The number of nitrogens with one attached hydrogen (secondary N) is 1. The van der Waals surface area contributed by atoms with Gasteiger partial charge in [0.1, 0.15) is 11.6 Å². The van der Waals surface area contributed by atoms with Crippen LogP contribution in [0.25, 0.3) is 0 Å². The molecular weight excluding hydrogens is 360 g/mol. The highest BCUT2D eigenvalue weighted by Gasteiger charge is 2.20. The average molecular weight is 381 g/mol. The predicted octanol–water partition coefficient (Wildman–Crippen LogP) is 3.90. The maximum absolute atomic E-state index is 6.07. The highest BCUT2D eigenvalue weighted by Crippen LogP contribution is 2.22. The van der Waals surface area contributed by atoms with E-state index in [9.17, 15) is 0 Å². The van der Waals surface area contributed by atoms with Gasteiger partial charge in [-0.15, -0.1) is 0 Å². The van der Waals surface area contributed by atoms with Crippen molar-refractivity contribution in [2.24, 2.45) is 0 Å². The van der Waals surface area contributed by atoms with Gasteiger partial charge in [0.15, 0.2) is 0 Å². The number of hydrogen-bond acceptors (Lipinski definition) is 6. The monoisotopic (exact) mass is 380 g/mol. The lowest BCUT2D eigenvalue weighted by Gasteiger charge is -2.35. The minimum Gasteiger partial charge on any atom is -0.353 e. The van der Waals surface area contributed by atoms with Crippen molar-refractivity contribution in [2.75, 3.05) is 41.3 Å². The minimum atomic E-state index is 0.691. The van der Waals surface area contributed by atoms with Gasteiger partial charge in [0.2, 0.25) is 5.95 Å². The third-order valence-electron chi connectivity index (χ3n) is 4.48. The zero-order chi connectivity index (χ0) is 18.6. The van der Waals surface area contributed by atoms with Crippen LogP contribution in [0, 0.1) is 6.92 Å². The van der Waals surface area contributed by atoms with Crippen molar-refractivity contribution in [1.29, 1.82) is 0 Å². The summed E-state index contributed by atoms with van der Waals surface area (Å²) in [6, 6.07) is 15.6. The molecule has 27 heavy (non-hydrogen) atoms. The van der Waals surface area contributed by atoms with E-state index in [-0.39, 0.29) is 0 Å².